The lowest BCUT2D eigenvalue weighted by molar-refractivity contribution is 0.281. The molecule has 0 fully saturated rings. The van der Waals surface area contributed by atoms with Gasteiger partial charge in [-0.1, -0.05) is 35.9 Å². The van der Waals surface area contributed by atoms with E-state index in [0.29, 0.717) is 21.9 Å². The summed E-state index contributed by atoms with van der Waals surface area (Å²) in [5, 5.41) is 9.66. The van der Waals surface area contributed by atoms with Crippen LogP contribution >= 0.6 is 27.5 Å². The highest BCUT2D eigenvalue weighted by molar-refractivity contribution is 9.10. The van der Waals surface area contributed by atoms with Crippen molar-refractivity contribution in [2.45, 2.75) is 6.61 Å². The number of nitrogens with zero attached hydrogens (tertiary/aromatic N) is 3. The predicted octanol–water partition coefficient (Wildman–Crippen LogP) is 4.60. The Morgan fingerprint density at radius 3 is 2.52 bits per heavy atom. The van der Waals surface area contributed by atoms with Gasteiger partial charge in [0.2, 0.25) is 0 Å². The summed E-state index contributed by atoms with van der Waals surface area (Å²) in [7, 11) is 0. The van der Waals surface area contributed by atoms with Crippen LogP contribution in [0, 0.1) is 0 Å². The van der Waals surface area contributed by atoms with Crippen molar-refractivity contribution in [3.05, 3.63) is 63.9 Å². The zero-order chi connectivity index (χ0) is 17.4. The molecular weight excluding hydrogens is 404 g/mol. The third-order valence-corrected chi connectivity index (χ3v) is 4.54. The van der Waals surface area contributed by atoms with E-state index < -0.39 is 0 Å². The highest BCUT2D eigenvalue weighted by atomic mass is 79.9. The number of benzene rings is 1. The summed E-state index contributed by atoms with van der Waals surface area (Å²) >= 11 is 9.67. The topological polar surface area (TPSA) is 74.7 Å². The Hall–Kier alpha value is -2.28. The van der Waals surface area contributed by atoms with Crippen LogP contribution in [0.3, 0.4) is 0 Å². The molecule has 3 aromatic heterocycles. The Labute approximate surface area is 156 Å². The summed E-state index contributed by atoms with van der Waals surface area (Å²) < 4.78 is 0.901. The van der Waals surface area contributed by atoms with Crippen LogP contribution in [0.2, 0.25) is 5.02 Å². The number of halogens is 2. The summed E-state index contributed by atoms with van der Waals surface area (Å²) in [5.41, 5.74) is 4.76. The Morgan fingerprint density at radius 1 is 1.04 bits per heavy atom. The Bertz CT molecular complexity index is 1060. The van der Waals surface area contributed by atoms with Crippen LogP contribution in [0.25, 0.3) is 33.8 Å². The van der Waals surface area contributed by atoms with Crippen LogP contribution in [0.4, 0.5) is 0 Å². The van der Waals surface area contributed by atoms with Gasteiger partial charge in [0.05, 0.1) is 22.8 Å². The molecule has 0 unspecified atom stereocenters. The minimum Gasteiger partial charge on any atom is -0.392 e. The quantitative estimate of drug-likeness (QED) is 0.513. The fraction of sp³-hybridized carbons (Fsp3) is 0.0556. The fourth-order valence-corrected chi connectivity index (χ4v) is 3.20. The van der Waals surface area contributed by atoms with Crippen molar-refractivity contribution in [1.82, 2.24) is 19.9 Å². The van der Waals surface area contributed by atoms with Crippen molar-refractivity contribution >= 4 is 38.7 Å². The van der Waals surface area contributed by atoms with Gasteiger partial charge in [0.1, 0.15) is 5.82 Å². The van der Waals surface area contributed by atoms with Crippen molar-refractivity contribution in [1.29, 1.82) is 0 Å². The largest absolute Gasteiger partial charge is 0.392 e. The smallest absolute Gasteiger partial charge is 0.178 e. The molecule has 5 nitrogen and oxygen atoms in total. The molecule has 0 amide bonds. The Kier molecular flexibility index (Phi) is 4.25. The van der Waals surface area contributed by atoms with Crippen LogP contribution in [0.5, 0.6) is 0 Å². The molecule has 0 spiro atoms. The first-order valence-electron chi connectivity index (χ1n) is 7.51. The van der Waals surface area contributed by atoms with E-state index in [4.69, 9.17) is 16.7 Å². The van der Waals surface area contributed by atoms with Crippen LogP contribution < -0.4 is 0 Å². The molecule has 0 bridgehead atoms. The van der Waals surface area contributed by atoms with Gasteiger partial charge in [0, 0.05) is 28.0 Å². The van der Waals surface area contributed by atoms with E-state index in [1.165, 1.54) is 0 Å². The molecule has 0 aliphatic heterocycles. The summed E-state index contributed by atoms with van der Waals surface area (Å²) in [6, 6.07) is 11.5. The molecule has 3 heterocycles. The number of fused-ring (bicyclic) bond motifs is 1. The number of rotatable bonds is 3. The van der Waals surface area contributed by atoms with Crippen molar-refractivity contribution in [2.75, 3.05) is 0 Å². The first kappa shape index (κ1) is 16.2. The molecule has 7 heteroatoms. The Morgan fingerprint density at radius 2 is 1.80 bits per heavy atom. The number of imidazole rings is 1. The van der Waals surface area contributed by atoms with E-state index in [1.54, 1.807) is 18.5 Å². The van der Waals surface area contributed by atoms with Gasteiger partial charge in [-0.25, -0.2) is 9.97 Å². The van der Waals surface area contributed by atoms with E-state index in [1.807, 2.05) is 30.3 Å². The zero-order valence-electron chi connectivity index (χ0n) is 12.9. The molecule has 4 aromatic rings. The minimum absolute atomic E-state index is 0.0812. The second kappa shape index (κ2) is 6.55. The second-order valence-electron chi connectivity index (χ2n) is 5.52. The van der Waals surface area contributed by atoms with Crippen molar-refractivity contribution in [3.8, 4) is 22.6 Å². The average molecular weight is 416 g/mol. The summed E-state index contributed by atoms with van der Waals surface area (Å²) in [5.74, 6) is 0.752. The van der Waals surface area contributed by atoms with Crippen molar-refractivity contribution in [2.24, 2.45) is 0 Å². The maximum Gasteiger partial charge on any atom is 0.178 e. The lowest BCUT2D eigenvalue weighted by atomic mass is 10.1. The normalized spacial score (nSPS) is 11.2. The molecule has 2 N–H and O–H groups in total. The van der Waals surface area contributed by atoms with Gasteiger partial charge >= 0.3 is 0 Å². The molecule has 25 heavy (non-hydrogen) atoms. The second-order valence-corrected chi connectivity index (χ2v) is 6.84. The molecule has 0 aliphatic rings. The number of H-pyrrole nitrogens is 1. The zero-order valence-corrected chi connectivity index (χ0v) is 15.2. The fourth-order valence-electron chi connectivity index (χ4n) is 2.57. The number of aromatic amines is 1. The molecule has 4 rings (SSSR count). The number of pyridine rings is 2. The first-order chi connectivity index (χ1) is 12.1. The average Bonchev–Trinajstić information content (AvgIpc) is 3.05. The van der Waals surface area contributed by atoms with Crippen molar-refractivity contribution < 1.29 is 5.11 Å². The molecule has 0 atom stereocenters. The van der Waals surface area contributed by atoms with E-state index in [-0.39, 0.29) is 6.61 Å². The van der Waals surface area contributed by atoms with E-state index >= 15 is 0 Å². The van der Waals surface area contributed by atoms with Crippen LogP contribution in [0.1, 0.15) is 5.56 Å². The minimum atomic E-state index is -0.0812. The SMILES string of the molecule is OCc1cnc(-c2ccc(-c3nc4ncc(Br)cc4[nH]3)cc2)c(Cl)c1. The molecule has 0 saturated heterocycles. The molecule has 0 radical (unpaired) electrons. The number of hydrogen-bond donors (Lipinski definition) is 2. The lowest BCUT2D eigenvalue weighted by Gasteiger charge is -2.06. The highest BCUT2D eigenvalue weighted by Gasteiger charge is 2.09. The number of hydrogen-bond acceptors (Lipinski definition) is 4. The number of aliphatic hydroxyl groups is 1. The summed E-state index contributed by atoms with van der Waals surface area (Å²) in [6.45, 7) is -0.0812. The third kappa shape index (κ3) is 3.16. The first-order valence-corrected chi connectivity index (χ1v) is 8.68. The predicted molar refractivity (Wildman–Crippen MR) is 101 cm³/mol. The van der Waals surface area contributed by atoms with Crippen LogP contribution in [-0.4, -0.2) is 25.0 Å². The van der Waals surface area contributed by atoms with E-state index in [0.717, 1.165) is 26.9 Å². The van der Waals surface area contributed by atoms with Gasteiger partial charge in [0.25, 0.3) is 0 Å². The van der Waals surface area contributed by atoms with Gasteiger partial charge in [-0.05, 0) is 33.6 Å². The molecule has 124 valence electrons. The van der Waals surface area contributed by atoms with Gasteiger partial charge in [-0.3, -0.25) is 4.98 Å². The van der Waals surface area contributed by atoms with Crippen LogP contribution in [0.15, 0.2) is 53.3 Å². The van der Waals surface area contributed by atoms with Crippen LogP contribution in [-0.2, 0) is 6.61 Å². The molecule has 1 aromatic carbocycles. The standard InChI is InChI=1S/C18H12BrClN4O/c19-13-6-15-18(22-8-13)24-17(23-15)12-3-1-11(2-4-12)16-14(20)5-10(9-25)7-21-16/h1-8,25H,9H2,(H,22,23,24). The van der Waals surface area contributed by atoms with Gasteiger partial charge in [0.15, 0.2) is 5.65 Å². The Balaban J connectivity index is 1.69. The molecular formula is C18H12BrClN4O. The maximum absolute atomic E-state index is 9.15. The van der Waals surface area contributed by atoms with Gasteiger partial charge < -0.3 is 10.1 Å². The third-order valence-electron chi connectivity index (χ3n) is 3.82. The molecule has 0 saturated carbocycles. The van der Waals surface area contributed by atoms with E-state index in [2.05, 4.69) is 35.9 Å². The molecule has 0 aliphatic carbocycles. The van der Waals surface area contributed by atoms with Gasteiger partial charge in [-0.15, -0.1) is 0 Å². The lowest BCUT2D eigenvalue weighted by Crippen LogP contribution is -1.90. The number of aromatic nitrogens is 4. The number of nitrogens with one attached hydrogen (secondary N) is 1. The number of aliphatic hydroxyl groups excluding tert-OH is 1. The van der Waals surface area contributed by atoms with Gasteiger partial charge in [-0.2, -0.15) is 0 Å². The highest BCUT2D eigenvalue weighted by Crippen LogP contribution is 2.29. The van der Waals surface area contributed by atoms with E-state index in [9.17, 15) is 0 Å². The summed E-state index contributed by atoms with van der Waals surface area (Å²) in [6.07, 6.45) is 3.34. The van der Waals surface area contributed by atoms with Crippen molar-refractivity contribution in [3.63, 3.8) is 0 Å². The maximum atomic E-state index is 9.15. The monoisotopic (exact) mass is 414 g/mol. The summed E-state index contributed by atoms with van der Waals surface area (Å²) in [4.78, 5) is 16.4.